The van der Waals surface area contributed by atoms with Crippen molar-refractivity contribution in [3.05, 3.63) is 65.2 Å². The van der Waals surface area contributed by atoms with Crippen LogP contribution in [-0.2, 0) is 17.9 Å². The minimum Gasteiger partial charge on any atom is -0.493 e. The molecular formula is C21H26N2O3. The number of hydrogen-bond donors (Lipinski definition) is 1. The van der Waals surface area contributed by atoms with Crippen LogP contribution in [0.25, 0.3) is 6.08 Å². The van der Waals surface area contributed by atoms with Crippen LogP contribution in [0.4, 0.5) is 0 Å². The number of benzene rings is 2. The number of ether oxygens (including phenoxy) is 2. The monoisotopic (exact) mass is 354 g/mol. The van der Waals surface area contributed by atoms with Crippen LogP contribution in [0, 0.1) is 0 Å². The second-order valence-electron chi connectivity index (χ2n) is 6.17. The average molecular weight is 354 g/mol. The van der Waals surface area contributed by atoms with E-state index in [4.69, 9.17) is 9.47 Å². The van der Waals surface area contributed by atoms with Gasteiger partial charge < -0.3 is 19.7 Å². The smallest absolute Gasteiger partial charge is 0.244 e. The molecule has 0 unspecified atom stereocenters. The van der Waals surface area contributed by atoms with E-state index < -0.39 is 0 Å². The number of amides is 1. The zero-order valence-corrected chi connectivity index (χ0v) is 15.8. The van der Waals surface area contributed by atoms with Crippen LogP contribution < -0.4 is 14.8 Å². The minimum absolute atomic E-state index is 0.139. The zero-order chi connectivity index (χ0) is 18.9. The van der Waals surface area contributed by atoms with E-state index in [9.17, 15) is 4.79 Å². The molecular weight excluding hydrogens is 328 g/mol. The summed E-state index contributed by atoms with van der Waals surface area (Å²) in [4.78, 5) is 14.2. The van der Waals surface area contributed by atoms with Crippen LogP contribution in [0.3, 0.4) is 0 Å². The van der Waals surface area contributed by atoms with Crippen molar-refractivity contribution in [2.75, 3.05) is 28.3 Å². The third-order valence-electron chi connectivity index (χ3n) is 3.89. The lowest BCUT2D eigenvalue weighted by Gasteiger charge is -2.14. The van der Waals surface area contributed by atoms with Gasteiger partial charge in [0.25, 0.3) is 0 Å². The number of hydrogen-bond acceptors (Lipinski definition) is 4. The third-order valence-corrected chi connectivity index (χ3v) is 3.89. The Morgan fingerprint density at radius 3 is 2.38 bits per heavy atom. The maximum absolute atomic E-state index is 12.1. The van der Waals surface area contributed by atoms with Crippen LogP contribution in [0.5, 0.6) is 11.5 Å². The second-order valence-corrected chi connectivity index (χ2v) is 6.17. The highest BCUT2D eigenvalue weighted by Gasteiger charge is 2.05. The molecule has 5 nitrogen and oxygen atoms in total. The lowest BCUT2D eigenvalue weighted by Crippen LogP contribution is -2.22. The first-order chi connectivity index (χ1) is 12.5. The van der Waals surface area contributed by atoms with Crippen molar-refractivity contribution in [2.24, 2.45) is 0 Å². The van der Waals surface area contributed by atoms with Crippen molar-refractivity contribution in [2.45, 2.75) is 13.1 Å². The van der Waals surface area contributed by atoms with Gasteiger partial charge in [0.15, 0.2) is 11.5 Å². The topological polar surface area (TPSA) is 50.8 Å². The van der Waals surface area contributed by atoms with E-state index in [-0.39, 0.29) is 5.91 Å². The highest BCUT2D eigenvalue weighted by molar-refractivity contribution is 5.91. The summed E-state index contributed by atoms with van der Waals surface area (Å²) in [5.41, 5.74) is 3.20. The van der Waals surface area contributed by atoms with E-state index in [0.29, 0.717) is 18.0 Å². The van der Waals surface area contributed by atoms with E-state index >= 15 is 0 Å². The molecule has 138 valence electrons. The Bertz CT molecular complexity index is 770. The standard InChI is InChI=1S/C21H26N2O3/c1-23(2)15-18-8-6-5-7-17(18)14-22-21(24)12-10-16-9-11-19(25-3)20(13-16)26-4/h5-13H,14-15H2,1-4H3,(H,22,24)/b12-10+. The Morgan fingerprint density at radius 2 is 1.73 bits per heavy atom. The summed E-state index contributed by atoms with van der Waals surface area (Å²) in [5.74, 6) is 1.15. The van der Waals surface area contributed by atoms with Crippen LogP contribution in [0.1, 0.15) is 16.7 Å². The van der Waals surface area contributed by atoms with Crippen molar-refractivity contribution in [1.82, 2.24) is 10.2 Å². The molecule has 0 heterocycles. The number of carbonyl (C=O) groups is 1. The quantitative estimate of drug-likeness (QED) is 0.740. The van der Waals surface area contributed by atoms with Gasteiger partial charge in [0, 0.05) is 19.2 Å². The van der Waals surface area contributed by atoms with Crippen molar-refractivity contribution in [3.63, 3.8) is 0 Å². The van der Waals surface area contributed by atoms with Gasteiger partial charge in [0.1, 0.15) is 0 Å². The van der Waals surface area contributed by atoms with Gasteiger partial charge in [-0.2, -0.15) is 0 Å². The molecule has 0 aliphatic carbocycles. The first kappa shape index (κ1) is 19.5. The normalized spacial score (nSPS) is 11.0. The first-order valence-electron chi connectivity index (χ1n) is 8.43. The first-order valence-corrected chi connectivity index (χ1v) is 8.43. The average Bonchev–Trinajstić information content (AvgIpc) is 2.64. The molecule has 5 heteroatoms. The molecule has 1 amide bonds. The number of methoxy groups -OCH3 is 2. The Hall–Kier alpha value is -2.79. The molecule has 0 aliphatic rings. The summed E-state index contributed by atoms with van der Waals surface area (Å²) in [5, 5.41) is 2.93. The predicted molar refractivity (Wildman–Crippen MR) is 104 cm³/mol. The number of carbonyl (C=O) groups excluding carboxylic acids is 1. The summed E-state index contributed by atoms with van der Waals surface area (Å²) < 4.78 is 10.5. The lowest BCUT2D eigenvalue weighted by molar-refractivity contribution is -0.116. The van der Waals surface area contributed by atoms with E-state index in [1.54, 1.807) is 20.3 Å². The van der Waals surface area contributed by atoms with Gasteiger partial charge in [0.05, 0.1) is 14.2 Å². The fourth-order valence-corrected chi connectivity index (χ4v) is 2.59. The second kappa shape index (κ2) is 9.63. The fraction of sp³-hybridized carbons (Fsp3) is 0.286. The highest BCUT2D eigenvalue weighted by Crippen LogP contribution is 2.27. The Kier molecular flexibility index (Phi) is 7.24. The molecule has 1 N–H and O–H groups in total. The van der Waals surface area contributed by atoms with E-state index in [0.717, 1.165) is 17.7 Å². The van der Waals surface area contributed by atoms with Crippen LogP contribution in [0.2, 0.25) is 0 Å². The number of rotatable bonds is 8. The van der Waals surface area contributed by atoms with E-state index in [2.05, 4.69) is 16.3 Å². The lowest BCUT2D eigenvalue weighted by atomic mass is 10.1. The molecule has 0 atom stereocenters. The molecule has 0 saturated carbocycles. The molecule has 0 bridgehead atoms. The molecule has 2 aromatic carbocycles. The molecule has 0 aliphatic heterocycles. The van der Waals surface area contributed by atoms with Gasteiger partial charge in [0.2, 0.25) is 5.91 Å². The predicted octanol–water partition coefficient (Wildman–Crippen LogP) is 3.10. The summed E-state index contributed by atoms with van der Waals surface area (Å²) in [7, 11) is 7.24. The molecule has 0 aromatic heterocycles. The fourth-order valence-electron chi connectivity index (χ4n) is 2.59. The van der Waals surface area contributed by atoms with Crippen molar-refractivity contribution in [1.29, 1.82) is 0 Å². The zero-order valence-electron chi connectivity index (χ0n) is 15.8. The Balaban J connectivity index is 1.98. The summed E-state index contributed by atoms with van der Waals surface area (Å²) >= 11 is 0. The SMILES string of the molecule is COc1ccc(/C=C/C(=O)NCc2ccccc2CN(C)C)cc1OC. The van der Waals surface area contributed by atoms with Gasteiger partial charge in [-0.05, 0) is 49.0 Å². The van der Waals surface area contributed by atoms with Crippen molar-refractivity contribution < 1.29 is 14.3 Å². The van der Waals surface area contributed by atoms with Gasteiger partial charge >= 0.3 is 0 Å². The van der Waals surface area contributed by atoms with E-state index in [1.807, 2.05) is 50.5 Å². The van der Waals surface area contributed by atoms with Crippen molar-refractivity contribution in [3.8, 4) is 11.5 Å². The summed E-state index contributed by atoms with van der Waals surface area (Å²) in [6, 6.07) is 13.6. The van der Waals surface area contributed by atoms with Crippen LogP contribution in [-0.4, -0.2) is 39.1 Å². The largest absolute Gasteiger partial charge is 0.493 e. The third kappa shape index (κ3) is 5.63. The molecule has 0 spiro atoms. The molecule has 0 fully saturated rings. The Morgan fingerprint density at radius 1 is 1.04 bits per heavy atom. The van der Waals surface area contributed by atoms with Gasteiger partial charge in [-0.25, -0.2) is 0 Å². The molecule has 2 aromatic rings. The van der Waals surface area contributed by atoms with Gasteiger partial charge in [-0.1, -0.05) is 30.3 Å². The van der Waals surface area contributed by atoms with Crippen molar-refractivity contribution >= 4 is 12.0 Å². The summed E-state index contributed by atoms with van der Waals surface area (Å²) in [6.45, 7) is 1.34. The minimum atomic E-state index is -0.139. The maximum atomic E-state index is 12.1. The number of nitrogens with one attached hydrogen (secondary N) is 1. The Labute approximate surface area is 155 Å². The molecule has 0 saturated heterocycles. The summed E-state index contributed by atoms with van der Waals surface area (Å²) in [6.07, 6.45) is 3.28. The van der Waals surface area contributed by atoms with E-state index in [1.165, 1.54) is 11.6 Å². The molecule has 26 heavy (non-hydrogen) atoms. The van der Waals surface area contributed by atoms with Crippen LogP contribution >= 0.6 is 0 Å². The van der Waals surface area contributed by atoms with Gasteiger partial charge in [-0.15, -0.1) is 0 Å². The number of nitrogens with zero attached hydrogens (tertiary/aromatic N) is 1. The van der Waals surface area contributed by atoms with Gasteiger partial charge in [-0.3, -0.25) is 4.79 Å². The maximum Gasteiger partial charge on any atom is 0.244 e. The van der Waals surface area contributed by atoms with Crippen LogP contribution in [0.15, 0.2) is 48.5 Å². The highest BCUT2D eigenvalue weighted by atomic mass is 16.5. The molecule has 2 rings (SSSR count). The molecule has 0 radical (unpaired) electrons.